The van der Waals surface area contributed by atoms with E-state index in [0.717, 1.165) is 9.69 Å². The summed E-state index contributed by atoms with van der Waals surface area (Å²) in [7, 11) is -3.86. The number of anilines is 1. The van der Waals surface area contributed by atoms with Crippen molar-refractivity contribution in [2.75, 3.05) is 17.5 Å². The molecule has 1 heterocycles. The SMILES string of the molecule is CCOC(=O)CCC(=O)NNC(=O)CN1c2cccc3cccc(c23)S1(=O)=O. The molecule has 2 amide bonds. The second-order valence-corrected chi connectivity index (χ2v) is 7.88. The Hall–Kier alpha value is -3.14. The molecule has 9 nitrogen and oxygen atoms in total. The van der Waals surface area contributed by atoms with Crippen LogP contribution in [-0.4, -0.2) is 39.4 Å². The smallest absolute Gasteiger partial charge is 0.306 e. The third kappa shape index (κ3) is 3.77. The molecule has 0 aromatic heterocycles. The van der Waals surface area contributed by atoms with Crippen LogP contribution in [0.15, 0.2) is 41.3 Å². The van der Waals surface area contributed by atoms with Gasteiger partial charge in [0.25, 0.3) is 15.9 Å². The number of ether oxygens (including phenoxy) is 1. The van der Waals surface area contributed by atoms with Gasteiger partial charge in [-0.2, -0.15) is 0 Å². The van der Waals surface area contributed by atoms with Crippen molar-refractivity contribution < 1.29 is 27.5 Å². The summed E-state index contributed by atoms with van der Waals surface area (Å²) in [5, 5.41) is 1.32. The number of carbonyl (C=O) groups is 3. The van der Waals surface area contributed by atoms with Crippen molar-refractivity contribution in [1.82, 2.24) is 10.9 Å². The minimum absolute atomic E-state index is 0.118. The third-order valence-electron chi connectivity index (χ3n) is 4.17. The van der Waals surface area contributed by atoms with E-state index in [1.165, 1.54) is 6.07 Å². The zero-order chi connectivity index (χ0) is 20.3. The van der Waals surface area contributed by atoms with Crippen LogP contribution in [0.4, 0.5) is 5.69 Å². The van der Waals surface area contributed by atoms with Gasteiger partial charge in [0.15, 0.2) is 0 Å². The highest BCUT2D eigenvalue weighted by atomic mass is 32.2. The molecular weight excluding hydrogens is 386 g/mol. The molecule has 1 aliphatic heterocycles. The molecule has 0 aliphatic carbocycles. The van der Waals surface area contributed by atoms with Crippen LogP contribution in [-0.2, 0) is 29.1 Å². The van der Waals surface area contributed by atoms with Crippen LogP contribution in [0.25, 0.3) is 10.8 Å². The maximum absolute atomic E-state index is 12.8. The summed E-state index contributed by atoms with van der Waals surface area (Å²) < 4.78 is 31.3. The molecule has 0 fully saturated rings. The van der Waals surface area contributed by atoms with Crippen molar-refractivity contribution in [2.45, 2.75) is 24.7 Å². The van der Waals surface area contributed by atoms with Gasteiger partial charge in [-0.3, -0.25) is 29.5 Å². The minimum atomic E-state index is -3.86. The van der Waals surface area contributed by atoms with Crippen molar-refractivity contribution in [3.63, 3.8) is 0 Å². The number of nitrogens with one attached hydrogen (secondary N) is 2. The van der Waals surface area contributed by atoms with Crippen molar-refractivity contribution in [3.05, 3.63) is 36.4 Å². The lowest BCUT2D eigenvalue weighted by Gasteiger charge is -2.18. The van der Waals surface area contributed by atoms with Crippen LogP contribution in [0.5, 0.6) is 0 Å². The molecule has 0 unspecified atom stereocenters. The van der Waals surface area contributed by atoms with E-state index in [4.69, 9.17) is 4.74 Å². The lowest BCUT2D eigenvalue weighted by atomic mass is 10.1. The Bertz CT molecular complexity index is 1050. The van der Waals surface area contributed by atoms with E-state index in [1.54, 1.807) is 37.3 Å². The first kappa shape index (κ1) is 19.6. The van der Waals surface area contributed by atoms with Crippen LogP contribution in [0.1, 0.15) is 19.8 Å². The van der Waals surface area contributed by atoms with Gasteiger partial charge in [0.05, 0.1) is 23.6 Å². The second kappa shape index (κ2) is 7.85. The average Bonchev–Trinajstić information content (AvgIpc) is 2.88. The lowest BCUT2D eigenvalue weighted by Crippen LogP contribution is -2.47. The third-order valence-corrected chi connectivity index (χ3v) is 5.97. The van der Waals surface area contributed by atoms with Gasteiger partial charge >= 0.3 is 5.97 Å². The number of hydrogen-bond donors (Lipinski definition) is 2. The van der Waals surface area contributed by atoms with Crippen molar-refractivity contribution in [1.29, 1.82) is 0 Å². The van der Waals surface area contributed by atoms with Crippen LogP contribution in [0, 0.1) is 0 Å². The molecule has 0 saturated heterocycles. The molecular formula is C18H19N3O6S. The first-order valence-electron chi connectivity index (χ1n) is 8.62. The van der Waals surface area contributed by atoms with E-state index >= 15 is 0 Å². The second-order valence-electron chi connectivity index (χ2n) is 6.04. The number of esters is 1. The van der Waals surface area contributed by atoms with Crippen LogP contribution in [0.3, 0.4) is 0 Å². The fourth-order valence-corrected chi connectivity index (χ4v) is 4.62. The van der Waals surface area contributed by atoms with Crippen LogP contribution >= 0.6 is 0 Å². The number of benzene rings is 2. The Balaban J connectivity index is 1.63. The molecule has 2 N–H and O–H groups in total. The first-order valence-corrected chi connectivity index (χ1v) is 10.1. The molecule has 0 bridgehead atoms. The molecule has 0 atom stereocenters. The maximum atomic E-state index is 12.8. The van der Waals surface area contributed by atoms with E-state index in [1.807, 2.05) is 0 Å². The molecule has 2 aromatic rings. The highest BCUT2D eigenvalue weighted by molar-refractivity contribution is 7.93. The van der Waals surface area contributed by atoms with E-state index in [2.05, 4.69) is 10.9 Å². The molecule has 1 aliphatic rings. The topological polar surface area (TPSA) is 122 Å². The van der Waals surface area contributed by atoms with Gasteiger partial charge in [-0.05, 0) is 24.4 Å². The zero-order valence-corrected chi connectivity index (χ0v) is 15.9. The number of hydrazine groups is 1. The number of rotatable bonds is 6. The predicted octanol–water partition coefficient (Wildman–Crippen LogP) is 0.839. The van der Waals surface area contributed by atoms with Crippen LogP contribution in [0.2, 0.25) is 0 Å². The lowest BCUT2D eigenvalue weighted by molar-refractivity contribution is -0.144. The largest absolute Gasteiger partial charge is 0.466 e. The van der Waals surface area contributed by atoms with Gasteiger partial charge in [-0.1, -0.05) is 24.3 Å². The molecule has 10 heteroatoms. The molecule has 148 valence electrons. The van der Waals surface area contributed by atoms with Gasteiger partial charge < -0.3 is 4.74 Å². The Morgan fingerprint density at radius 3 is 2.39 bits per heavy atom. The highest BCUT2D eigenvalue weighted by Crippen LogP contribution is 2.41. The predicted molar refractivity (Wildman–Crippen MR) is 101 cm³/mol. The molecule has 0 spiro atoms. The molecule has 28 heavy (non-hydrogen) atoms. The Morgan fingerprint density at radius 2 is 1.68 bits per heavy atom. The Kier molecular flexibility index (Phi) is 5.50. The fourth-order valence-electron chi connectivity index (χ4n) is 2.95. The highest BCUT2D eigenvalue weighted by Gasteiger charge is 2.36. The minimum Gasteiger partial charge on any atom is -0.466 e. The first-order chi connectivity index (χ1) is 13.3. The van der Waals surface area contributed by atoms with Crippen molar-refractivity contribution in [3.8, 4) is 0 Å². The van der Waals surface area contributed by atoms with Gasteiger partial charge in [0.2, 0.25) is 5.91 Å². The normalized spacial score (nSPS) is 14.0. The summed E-state index contributed by atoms with van der Waals surface area (Å²) in [6, 6.07) is 10.1. The average molecular weight is 405 g/mol. The van der Waals surface area contributed by atoms with Gasteiger partial charge in [-0.25, -0.2) is 8.42 Å². The molecule has 0 saturated carbocycles. The summed E-state index contributed by atoms with van der Waals surface area (Å²) in [5.41, 5.74) is 4.74. The standard InChI is InChI=1S/C18H19N3O6S/c1-2-27-17(24)10-9-15(22)19-20-16(23)11-21-13-7-3-5-12-6-4-8-14(18(12)13)28(21,25)26/h3-8H,2,9-11H2,1H3,(H,19,22)(H,20,23). The number of nitrogens with zero attached hydrogens (tertiary/aromatic N) is 1. The zero-order valence-electron chi connectivity index (χ0n) is 15.1. The number of carbonyl (C=O) groups excluding carboxylic acids is 3. The quantitative estimate of drug-likeness (QED) is 0.542. The number of hydrogen-bond acceptors (Lipinski definition) is 6. The molecule has 0 radical (unpaired) electrons. The van der Waals surface area contributed by atoms with E-state index < -0.39 is 34.4 Å². The van der Waals surface area contributed by atoms with Crippen LogP contribution < -0.4 is 15.2 Å². The fraction of sp³-hybridized carbons (Fsp3) is 0.278. The summed E-state index contributed by atoms with van der Waals surface area (Å²) >= 11 is 0. The summed E-state index contributed by atoms with van der Waals surface area (Å²) in [6.07, 6.45) is -0.279. The van der Waals surface area contributed by atoms with Gasteiger partial charge in [0.1, 0.15) is 6.54 Å². The van der Waals surface area contributed by atoms with E-state index in [9.17, 15) is 22.8 Å². The van der Waals surface area contributed by atoms with Crippen molar-refractivity contribution in [2.24, 2.45) is 0 Å². The van der Waals surface area contributed by atoms with E-state index in [0.29, 0.717) is 11.1 Å². The summed E-state index contributed by atoms with van der Waals surface area (Å²) in [5.74, 6) is -1.81. The van der Waals surface area contributed by atoms with E-state index in [-0.39, 0.29) is 24.3 Å². The monoisotopic (exact) mass is 405 g/mol. The molecule has 3 rings (SSSR count). The summed E-state index contributed by atoms with van der Waals surface area (Å²) in [6.45, 7) is 1.38. The Morgan fingerprint density at radius 1 is 1.00 bits per heavy atom. The molecule has 2 aromatic carbocycles. The number of sulfonamides is 1. The van der Waals surface area contributed by atoms with Crippen molar-refractivity contribution >= 4 is 44.3 Å². The van der Waals surface area contributed by atoms with Gasteiger partial charge in [0, 0.05) is 11.8 Å². The van der Waals surface area contributed by atoms with Gasteiger partial charge in [-0.15, -0.1) is 0 Å². The number of amides is 2. The maximum Gasteiger partial charge on any atom is 0.306 e. The summed E-state index contributed by atoms with van der Waals surface area (Å²) in [4.78, 5) is 35.2. The Labute approximate surface area is 161 Å².